The maximum Gasteiger partial charge on any atom is 0.397 e. The smallest absolute Gasteiger partial charge is 0.397 e. The number of rotatable bonds is 12. The summed E-state index contributed by atoms with van der Waals surface area (Å²) in [7, 11) is -4.35. The Morgan fingerprint density at radius 1 is 1.18 bits per heavy atom. The lowest BCUT2D eigenvalue weighted by atomic mass is 9.94. The molecule has 1 saturated heterocycles. The first-order chi connectivity index (χ1) is 20.7. The standard InChI is InChI=1S/C28H33ClF3N7O4S/c1-26(2)15-18(16-34-26)5-4-13-33-20-6-3-7-23(35-20)44(41,42)38-25(40)19-8-9-21(36-24(19)29)39-14-10-22(37-39)43-17-27(11-12-27)28(30,31)32/h3,6-10,14,18,34H,4-5,11-13,15-17H2,1-2H3,(H,33,35)(H,38,40). The number of aromatic nitrogens is 4. The minimum atomic E-state index is -4.35. The zero-order valence-electron chi connectivity index (χ0n) is 24.1. The van der Waals surface area contributed by atoms with Gasteiger partial charge in [-0.05, 0) is 82.7 Å². The van der Waals surface area contributed by atoms with Crippen LogP contribution < -0.4 is 20.1 Å². The molecule has 5 rings (SSSR count). The average molecular weight is 656 g/mol. The number of pyridine rings is 2. The third-order valence-corrected chi connectivity index (χ3v) is 9.34. The zero-order valence-corrected chi connectivity index (χ0v) is 25.7. The molecule has 4 heterocycles. The number of amides is 1. The summed E-state index contributed by atoms with van der Waals surface area (Å²) in [6.45, 7) is 5.43. The number of sulfonamides is 1. The highest BCUT2D eigenvalue weighted by atomic mass is 35.5. The Balaban J connectivity index is 1.16. The van der Waals surface area contributed by atoms with E-state index in [1.807, 2.05) is 4.72 Å². The van der Waals surface area contributed by atoms with Gasteiger partial charge in [0, 0.05) is 24.3 Å². The average Bonchev–Trinajstić information content (AvgIpc) is 3.48. The van der Waals surface area contributed by atoms with Crippen molar-refractivity contribution in [3.63, 3.8) is 0 Å². The number of carbonyl (C=O) groups excluding carboxylic acids is 1. The Morgan fingerprint density at radius 2 is 1.95 bits per heavy atom. The van der Waals surface area contributed by atoms with Crippen molar-refractivity contribution in [2.24, 2.45) is 11.3 Å². The fourth-order valence-corrected chi connectivity index (χ4v) is 6.27. The Bertz CT molecular complexity index is 1630. The predicted octanol–water partition coefficient (Wildman–Crippen LogP) is 4.74. The number of nitrogens with one attached hydrogen (secondary N) is 3. The molecule has 1 amide bonds. The number of carbonyl (C=O) groups is 1. The molecule has 3 aromatic rings. The molecule has 0 bridgehead atoms. The molecule has 2 fully saturated rings. The fourth-order valence-electron chi connectivity index (χ4n) is 5.10. The first kappa shape index (κ1) is 32.0. The second-order valence-electron chi connectivity index (χ2n) is 11.9. The highest BCUT2D eigenvalue weighted by Gasteiger charge is 2.64. The van der Waals surface area contributed by atoms with E-state index in [0.717, 1.165) is 25.8 Å². The lowest BCUT2D eigenvalue weighted by Gasteiger charge is -2.18. The second-order valence-corrected chi connectivity index (χ2v) is 13.9. The topological polar surface area (TPSA) is 140 Å². The van der Waals surface area contributed by atoms with Gasteiger partial charge in [-0.1, -0.05) is 17.7 Å². The van der Waals surface area contributed by atoms with Gasteiger partial charge in [-0.2, -0.15) is 21.6 Å². The van der Waals surface area contributed by atoms with Crippen molar-refractivity contribution in [2.75, 3.05) is 25.0 Å². The summed E-state index contributed by atoms with van der Waals surface area (Å²) in [6.07, 6.45) is 0.0924. The zero-order chi connectivity index (χ0) is 31.8. The van der Waals surface area contributed by atoms with Crippen molar-refractivity contribution in [3.8, 4) is 11.7 Å². The summed E-state index contributed by atoms with van der Waals surface area (Å²) < 4.78 is 73.7. The summed E-state index contributed by atoms with van der Waals surface area (Å²) in [6, 6.07) is 8.43. The minimum Gasteiger partial charge on any atom is -0.476 e. The van der Waals surface area contributed by atoms with Crippen LogP contribution in [0.2, 0.25) is 5.15 Å². The summed E-state index contributed by atoms with van der Waals surface area (Å²) in [4.78, 5) is 21.1. The van der Waals surface area contributed by atoms with Gasteiger partial charge in [0.15, 0.2) is 10.8 Å². The first-order valence-electron chi connectivity index (χ1n) is 14.1. The third-order valence-electron chi connectivity index (χ3n) is 7.82. The number of ether oxygens (including phenoxy) is 1. The van der Waals surface area contributed by atoms with Crippen LogP contribution in [0.4, 0.5) is 19.0 Å². The van der Waals surface area contributed by atoms with Gasteiger partial charge >= 0.3 is 6.18 Å². The van der Waals surface area contributed by atoms with E-state index in [4.69, 9.17) is 16.3 Å². The van der Waals surface area contributed by atoms with E-state index in [1.54, 1.807) is 6.07 Å². The molecule has 1 atom stereocenters. The van der Waals surface area contributed by atoms with Crippen molar-refractivity contribution < 1.29 is 31.1 Å². The SMILES string of the molecule is CC1(C)CC(CCCNc2cccc(S(=O)(=O)NC(=O)c3ccc(-n4ccc(OCC5(C(F)(F)F)CC5)n4)nc3Cl)n2)CN1. The van der Waals surface area contributed by atoms with E-state index in [0.29, 0.717) is 18.3 Å². The van der Waals surface area contributed by atoms with E-state index in [2.05, 4.69) is 39.5 Å². The van der Waals surface area contributed by atoms with Crippen LogP contribution in [-0.4, -0.2) is 65.5 Å². The molecule has 1 unspecified atom stereocenters. The molecule has 16 heteroatoms. The van der Waals surface area contributed by atoms with E-state index < -0.39 is 34.1 Å². The molecule has 11 nitrogen and oxygen atoms in total. The predicted molar refractivity (Wildman–Crippen MR) is 156 cm³/mol. The lowest BCUT2D eigenvalue weighted by Crippen LogP contribution is -2.31. The van der Waals surface area contributed by atoms with Crippen molar-refractivity contribution in [1.82, 2.24) is 29.8 Å². The number of hydrogen-bond acceptors (Lipinski definition) is 9. The van der Waals surface area contributed by atoms with E-state index in [-0.39, 0.29) is 45.8 Å². The van der Waals surface area contributed by atoms with Gasteiger partial charge in [0.05, 0.1) is 5.56 Å². The van der Waals surface area contributed by atoms with Crippen LogP contribution in [0.5, 0.6) is 5.88 Å². The van der Waals surface area contributed by atoms with Gasteiger partial charge in [-0.3, -0.25) is 4.79 Å². The quantitative estimate of drug-likeness (QED) is 0.187. The van der Waals surface area contributed by atoms with Gasteiger partial charge in [-0.25, -0.2) is 19.4 Å². The van der Waals surface area contributed by atoms with Crippen molar-refractivity contribution in [1.29, 1.82) is 0 Å². The Labute approximate surface area is 258 Å². The van der Waals surface area contributed by atoms with E-state index in [1.165, 1.54) is 41.2 Å². The number of alkyl halides is 3. The summed E-state index contributed by atoms with van der Waals surface area (Å²) in [5, 5.41) is 10.0. The molecule has 0 spiro atoms. The Morgan fingerprint density at radius 3 is 2.61 bits per heavy atom. The molecule has 238 valence electrons. The summed E-state index contributed by atoms with van der Waals surface area (Å²) in [5.41, 5.74) is -1.91. The van der Waals surface area contributed by atoms with Gasteiger partial charge in [-0.15, -0.1) is 5.10 Å². The lowest BCUT2D eigenvalue weighted by molar-refractivity contribution is -0.194. The maximum atomic E-state index is 13.1. The molecule has 44 heavy (non-hydrogen) atoms. The summed E-state index contributed by atoms with van der Waals surface area (Å²) >= 11 is 6.20. The second kappa shape index (κ2) is 12.2. The monoisotopic (exact) mass is 655 g/mol. The number of halogens is 4. The fraction of sp³-hybridized carbons (Fsp3) is 0.500. The van der Waals surface area contributed by atoms with Crippen molar-refractivity contribution in [3.05, 3.63) is 53.3 Å². The number of nitrogens with zero attached hydrogens (tertiary/aromatic N) is 4. The molecule has 1 saturated carbocycles. The molecule has 1 aliphatic heterocycles. The van der Waals surface area contributed by atoms with E-state index in [9.17, 15) is 26.4 Å². The van der Waals surface area contributed by atoms with Gasteiger partial charge in [0.1, 0.15) is 23.0 Å². The van der Waals surface area contributed by atoms with Crippen LogP contribution in [0.1, 0.15) is 56.3 Å². The minimum absolute atomic E-state index is 0.00340. The summed E-state index contributed by atoms with van der Waals surface area (Å²) in [5.74, 6) is 0.0334. The molecule has 2 aliphatic rings. The highest BCUT2D eigenvalue weighted by Crippen LogP contribution is 2.57. The van der Waals surface area contributed by atoms with Crippen LogP contribution in [-0.2, 0) is 10.0 Å². The molecular formula is C28H33ClF3N7O4S. The third kappa shape index (κ3) is 7.44. The van der Waals surface area contributed by atoms with Crippen LogP contribution in [0.15, 0.2) is 47.6 Å². The molecular weight excluding hydrogens is 623 g/mol. The van der Waals surface area contributed by atoms with E-state index >= 15 is 0 Å². The van der Waals surface area contributed by atoms with Crippen LogP contribution in [0.3, 0.4) is 0 Å². The molecule has 0 aromatic carbocycles. The Kier molecular flexibility index (Phi) is 8.84. The largest absolute Gasteiger partial charge is 0.476 e. The number of anilines is 1. The van der Waals surface area contributed by atoms with Crippen LogP contribution >= 0.6 is 11.6 Å². The van der Waals surface area contributed by atoms with Crippen LogP contribution in [0, 0.1) is 11.3 Å². The molecule has 1 aliphatic carbocycles. The van der Waals surface area contributed by atoms with Crippen LogP contribution in [0.25, 0.3) is 5.82 Å². The van der Waals surface area contributed by atoms with Crippen molar-refractivity contribution in [2.45, 2.75) is 62.7 Å². The van der Waals surface area contributed by atoms with Gasteiger partial charge < -0.3 is 15.4 Å². The van der Waals surface area contributed by atoms with Crippen molar-refractivity contribution >= 4 is 33.3 Å². The molecule has 3 N–H and O–H groups in total. The first-order valence-corrected chi connectivity index (χ1v) is 16.0. The maximum absolute atomic E-state index is 13.1. The Hall–Kier alpha value is -3.43. The molecule has 3 aromatic heterocycles. The highest BCUT2D eigenvalue weighted by molar-refractivity contribution is 7.90. The molecule has 0 radical (unpaired) electrons. The normalized spacial score (nSPS) is 19.0. The number of hydrogen-bond donors (Lipinski definition) is 3. The van der Waals surface area contributed by atoms with Gasteiger partial charge in [0.25, 0.3) is 15.9 Å². The van der Waals surface area contributed by atoms with Gasteiger partial charge in [0.2, 0.25) is 5.88 Å².